The lowest BCUT2D eigenvalue weighted by Crippen LogP contribution is -2.19. The van der Waals surface area contributed by atoms with Gasteiger partial charge in [-0.15, -0.1) is 0 Å². The second-order valence-electron chi connectivity index (χ2n) is 3.36. The fourth-order valence-corrected chi connectivity index (χ4v) is 1.95. The molecule has 58 valence electrons. The second kappa shape index (κ2) is 2.89. The van der Waals surface area contributed by atoms with Crippen LogP contribution in [-0.4, -0.2) is 12.7 Å². The average Bonchev–Trinajstić information content (AvgIpc) is 2.12. The molecule has 0 spiro atoms. The first kappa shape index (κ1) is 6.62. The first-order valence-corrected chi connectivity index (χ1v) is 4.23. The lowest BCUT2D eigenvalue weighted by atomic mass is 9.86. The molecule has 0 aromatic carbocycles. The van der Waals surface area contributed by atoms with Crippen molar-refractivity contribution in [2.75, 3.05) is 6.61 Å². The van der Waals surface area contributed by atoms with Crippen molar-refractivity contribution in [3.63, 3.8) is 0 Å². The summed E-state index contributed by atoms with van der Waals surface area (Å²) in [5.41, 5.74) is 0. The third-order valence-corrected chi connectivity index (χ3v) is 2.55. The van der Waals surface area contributed by atoms with E-state index in [0.29, 0.717) is 6.10 Å². The van der Waals surface area contributed by atoms with Gasteiger partial charge in [0.2, 0.25) is 0 Å². The van der Waals surface area contributed by atoms with E-state index in [2.05, 4.69) is 0 Å². The van der Waals surface area contributed by atoms with Crippen molar-refractivity contribution in [3.8, 4) is 0 Å². The highest BCUT2D eigenvalue weighted by Gasteiger charge is 2.25. The molecule has 1 heterocycles. The largest absolute Gasteiger partial charge is 0.236 e. The molecule has 0 N–H and O–H groups in total. The Bertz CT molecular complexity index is 102. The maximum atomic E-state index is 5.17. The lowest BCUT2D eigenvalue weighted by molar-refractivity contribution is -0.319. The molecule has 2 unspecified atom stereocenters. The van der Waals surface area contributed by atoms with Crippen molar-refractivity contribution in [1.82, 2.24) is 0 Å². The van der Waals surface area contributed by atoms with E-state index in [4.69, 9.17) is 9.78 Å². The van der Waals surface area contributed by atoms with Gasteiger partial charge in [0.05, 0.1) is 12.7 Å². The summed E-state index contributed by atoms with van der Waals surface area (Å²) in [6.45, 7) is 0.807. The molecule has 10 heavy (non-hydrogen) atoms. The maximum Gasteiger partial charge on any atom is 0.0932 e. The highest BCUT2D eigenvalue weighted by molar-refractivity contribution is 4.73. The minimum absolute atomic E-state index is 0.418. The van der Waals surface area contributed by atoms with Crippen molar-refractivity contribution in [1.29, 1.82) is 0 Å². The van der Waals surface area contributed by atoms with Gasteiger partial charge >= 0.3 is 0 Å². The summed E-state index contributed by atoms with van der Waals surface area (Å²) in [5, 5.41) is 0. The van der Waals surface area contributed by atoms with Crippen LogP contribution in [0.4, 0.5) is 0 Å². The van der Waals surface area contributed by atoms with Crippen LogP contribution < -0.4 is 0 Å². The van der Waals surface area contributed by atoms with Crippen LogP contribution in [0.5, 0.6) is 0 Å². The van der Waals surface area contributed by atoms with Gasteiger partial charge in [-0.25, -0.2) is 9.78 Å². The molecule has 1 saturated carbocycles. The predicted molar refractivity (Wildman–Crippen MR) is 37.4 cm³/mol. The molecular formula is C8H14O2. The van der Waals surface area contributed by atoms with Gasteiger partial charge in [-0.3, -0.25) is 0 Å². The summed E-state index contributed by atoms with van der Waals surface area (Å²) >= 11 is 0. The van der Waals surface area contributed by atoms with Crippen molar-refractivity contribution in [3.05, 3.63) is 0 Å². The molecular weight excluding hydrogens is 128 g/mol. The van der Waals surface area contributed by atoms with Crippen LogP contribution in [0, 0.1) is 5.92 Å². The van der Waals surface area contributed by atoms with Crippen LogP contribution >= 0.6 is 0 Å². The Morgan fingerprint density at radius 3 is 3.10 bits per heavy atom. The first-order chi connectivity index (χ1) is 4.95. The van der Waals surface area contributed by atoms with Crippen LogP contribution in [0.25, 0.3) is 0 Å². The van der Waals surface area contributed by atoms with E-state index < -0.39 is 0 Å². The van der Waals surface area contributed by atoms with Crippen LogP contribution in [0.1, 0.15) is 32.1 Å². The van der Waals surface area contributed by atoms with E-state index >= 15 is 0 Å². The summed E-state index contributed by atoms with van der Waals surface area (Å²) in [6, 6.07) is 0. The molecule has 0 radical (unpaired) electrons. The van der Waals surface area contributed by atoms with Crippen molar-refractivity contribution in [2.45, 2.75) is 38.2 Å². The Hall–Kier alpha value is -0.0800. The van der Waals surface area contributed by atoms with E-state index in [9.17, 15) is 0 Å². The SMILES string of the molecule is C1CC2CCOOC(C1)C2. The fourth-order valence-electron chi connectivity index (χ4n) is 1.95. The molecule has 0 aromatic rings. The third-order valence-electron chi connectivity index (χ3n) is 2.55. The molecule has 0 amide bonds. The monoisotopic (exact) mass is 142 g/mol. The number of fused-ring (bicyclic) bond motifs is 2. The molecule has 2 bridgehead atoms. The van der Waals surface area contributed by atoms with Crippen LogP contribution in [-0.2, 0) is 9.78 Å². The van der Waals surface area contributed by atoms with E-state index in [1.807, 2.05) is 0 Å². The Morgan fingerprint density at radius 1 is 1.10 bits per heavy atom. The molecule has 2 rings (SSSR count). The molecule has 2 nitrogen and oxygen atoms in total. The first-order valence-electron chi connectivity index (χ1n) is 4.23. The topological polar surface area (TPSA) is 18.5 Å². The van der Waals surface area contributed by atoms with Crippen LogP contribution in [0.2, 0.25) is 0 Å². The summed E-state index contributed by atoms with van der Waals surface area (Å²) < 4.78 is 0. The Balaban J connectivity index is 1.96. The van der Waals surface area contributed by atoms with Gasteiger partial charge in [-0.05, 0) is 25.2 Å². The highest BCUT2D eigenvalue weighted by Crippen LogP contribution is 2.30. The van der Waals surface area contributed by atoms with Crippen molar-refractivity contribution >= 4 is 0 Å². The molecule has 2 heteroatoms. The highest BCUT2D eigenvalue weighted by atomic mass is 17.2. The molecule has 1 aliphatic carbocycles. The summed E-state index contributed by atoms with van der Waals surface area (Å²) in [7, 11) is 0. The van der Waals surface area contributed by atoms with E-state index in [-0.39, 0.29) is 0 Å². The van der Waals surface area contributed by atoms with Gasteiger partial charge < -0.3 is 0 Å². The maximum absolute atomic E-state index is 5.17. The Kier molecular flexibility index (Phi) is 1.91. The summed E-state index contributed by atoms with van der Waals surface area (Å²) in [4.78, 5) is 10.2. The van der Waals surface area contributed by atoms with Crippen molar-refractivity contribution in [2.24, 2.45) is 5.92 Å². The Labute approximate surface area is 61.4 Å². The van der Waals surface area contributed by atoms with Crippen LogP contribution in [0.3, 0.4) is 0 Å². The molecule has 0 aromatic heterocycles. The van der Waals surface area contributed by atoms with Gasteiger partial charge in [0.25, 0.3) is 0 Å². The van der Waals surface area contributed by atoms with Gasteiger partial charge in [-0.2, -0.15) is 0 Å². The smallest absolute Gasteiger partial charge is 0.0932 e. The van der Waals surface area contributed by atoms with Gasteiger partial charge in [0, 0.05) is 0 Å². The van der Waals surface area contributed by atoms with Crippen molar-refractivity contribution < 1.29 is 9.78 Å². The average molecular weight is 142 g/mol. The Morgan fingerprint density at radius 2 is 2.10 bits per heavy atom. The molecule has 1 aliphatic heterocycles. The quantitative estimate of drug-likeness (QED) is 0.481. The molecule has 2 aliphatic rings. The van der Waals surface area contributed by atoms with Gasteiger partial charge in [0.15, 0.2) is 0 Å². The van der Waals surface area contributed by atoms with Crippen LogP contribution in [0.15, 0.2) is 0 Å². The molecule has 2 fully saturated rings. The van der Waals surface area contributed by atoms with Gasteiger partial charge in [-0.1, -0.05) is 12.8 Å². The fraction of sp³-hybridized carbons (Fsp3) is 1.00. The minimum atomic E-state index is 0.418. The zero-order valence-corrected chi connectivity index (χ0v) is 6.21. The third kappa shape index (κ3) is 1.32. The summed E-state index contributed by atoms with van der Waals surface area (Å²) in [6.07, 6.45) is 6.79. The van der Waals surface area contributed by atoms with E-state index in [0.717, 1.165) is 12.5 Å². The molecule has 1 saturated heterocycles. The van der Waals surface area contributed by atoms with E-state index in [1.54, 1.807) is 0 Å². The lowest BCUT2D eigenvalue weighted by Gasteiger charge is -2.23. The number of hydrogen-bond acceptors (Lipinski definition) is 2. The molecule has 2 atom stereocenters. The number of rotatable bonds is 0. The second-order valence-corrected chi connectivity index (χ2v) is 3.36. The summed E-state index contributed by atoms with van der Waals surface area (Å²) in [5.74, 6) is 0.890. The van der Waals surface area contributed by atoms with Gasteiger partial charge in [0.1, 0.15) is 0 Å². The number of hydrogen-bond donors (Lipinski definition) is 0. The standard InChI is InChI=1S/C8H14O2/c1-2-7-4-5-9-10-8(3-1)6-7/h7-8H,1-6H2. The predicted octanol–water partition coefficient (Wildman–Crippen LogP) is 1.90. The van der Waals surface area contributed by atoms with E-state index in [1.165, 1.54) is 32.1 Å². The minimum Gasteiger partial charge on any atom is -0.236 e. The zero-order valence-electron chi connectivity index (χ0n) is 6.21. The normalized spacial score (nSPS) is 40.8. The zero-order chi connectivity index (χ0) is 6.81.